The zero-order chi connectivity index (χ0) is 14.5. The molecule has 0 bridgehead atoms. The molecule has 3 nitrogen and oxygen atoms in total. The first-order valence-electron chi connectivity index (χ1n) is 6.32. The number of pyridine rings is 1. The van der Waals surface area contributed by atoms with Gasteiger partial charge in [-0.05, 0) is 59.7 Å². The number of hydrogen-bond donors (Lipinski definition) is 2. The molecule has 0 unspecified atom stereocenters. The van der Waals surface area contributed by atoms with Gasteiger partial charge >= 0.3 is 0 Å². The molecule has 20 heavy (non-hydrogen) atoms. The van der Waals surface area contributed by atoms with Gasteiger partial charge in [-0.2, -0.15) is 0 Å². The Morgan fingerprint density at radius 1 is 1.20 bits per heavy atom. The Bertz CT molecular complexity index is 601. The highest BCUT2D eigenvalue weighted by atomic mass is 79.9. The Morgan fingerprint density at radius 3 is 2.55 bits per heavy atom. The second-order valence-corrected chi connectivity index (χ2v) is 5.76. The molecule has 0 radical (unpaired) electrons. The van der Waals surface area contributed by atoms with E-state index < -0.39 is 0 Å². The topological polar surface area (TPSA) is 37.0 Å². The molecule has 0 aliphatic rings. The number of aryl methyl sites for hydroxylation is 1. The first-order chi connectivity index (χ1) is 9.56. The van der Waals surface area contributed by atoms with Crippen LogP contribution in [0.2, 0.25) is 0 Å². The van der Waals surface area contributed by atoms with Gasteiger partial charge in [0.2, 0.25) is 0 Å². The standard InChI is InChI=1S/C15H16BrN3S/c1-10(12-6-4-3-5-7-12)18-15(20)19-14-9-8-13(16)11(2)17-14/h3-10H,1-2H3,(H2,17,18,19,20)/t10-/m1/s1. The molecule has 0 amide bonds. The van der Waals surface area contributed by atoms with E-state index in [4.69, 9.17) is 12.2 Å². The Morgan fingerprint density at radius 2 is 1.90 bits per heavy atom. The zero-order valence-electron chi connectivity index (χ0n) is 11.4. The molecule has 2 N–H and O–H groups in total. The van der Waals surface area contributed by atoms with E-state index >= 15 is 0 Å². The largest absolute Gasteiger partial charge is 0.356 e. The van der Waals surface area contributed by atoms with Crippen LogP contribution in [0.4, 0.5) is 5.82 Å². The van der Waals surface area contributed by atoms with Crippen molar-refractivity contribution < 1.29 is 0 Å². The Balaban J connectivity index is 1.97. The van der Waals surface area contributed by atoms with Gasteiger partial charge < -0.3 is 10.6 Å². The Hall–Kier alpha value is -1.46. The van der Waals surface area contributed by atoms with Crippen molar-refractivity contribution in [2.75, 3.05) is 5.32 Å². The van der Waals surface area contributed by atoms with Crippen molar-refractivity contribution in [2.24, 2.45) is 0 Å². The van der Waals surface area contributed by atoms with Crippen LogP contribution in [0.15, 0.2) is 46.9 Å². The fraction of sp³-hybridized carbons (Fsp3) is 0.200. The Kier molecular flexibility index (Phi) is 5.09. The highest BCUT2D eigenvalue weighted by Gasteiger charge is 2.07. The van der Waals surface area contributed by atoms with Gasteiger partial charge in [0.15, 0.2) is 5.11 Å². The molecular weight excluding hydrogens is 334 g/mol. The lowest BCUT2D eigenvalue weighted by Gasteiger charge is -2.17. The van der Waals surface area contributed by atoms with Gasteiger partial charge in [0.05, 0.1) is 11.7 Å². The van der Waals surface area contributed by atoms with E-state index in [1.807, 2.05) is 37.3 Å². The molecule has 5 heteroatoms. The maximum absolute atomic E-state index is 5.31. The highest BCUT2D eigenvalue weighted by Crippen LogP contribution is 2.16. The lowest BCUT2D eigenvalue weighted by Crippen LogP contribution is -2.31. The van der Waals surface area contributed by atoms with Crippen molar-refractivity contribution in [2.45, 2.75) is 19.9 Å². The van der Waals surface area contributed by atoms with Crippen LogP contribution in [0, 0.1) is 6.92 Å². The summed E-state index contributed by atoms with van der Waals surface area (Å²) in [7, 11) is 0. The van der Waals surface area contributed by atoms with Gasteiger partial charge in [0, 0.05) is 4.47 Å². The normalized spacial score (nSPS) is 11.8. The molecule has 0 fully saturated rings. The Labute approximate surface area is 132 Å². The van der Waals surface area contributed by atoms with Gasteiger partial charge in [-0.15, -0.1) is 0 Å². The zero-order valence-corrected chi connectivity index (χ0v) is 13.8. The maximum Gasteiger partial charge on any atom is 0.172 e. The second-order valence-electron chi connectivity index (χ2n) is 4.49. The molecule has 0 saturated carbocycles. The SMILES string of the molecule is Cc1nc(NC(=S)N[C@H](C)c2ccccc2)ccc1Br. The number of nitrogens with one attached hydrogen (secondary N) is 2. The quantitative estimate of drug-likeness (QED) is 0.814. The van der Waals surface area contributed by atoms with Crippen molar-refractivity contribution >= 4 is 39.1 Å². The smallest absolute Gasteiger partial charge is 0.172 e. The van der Waals surface area contributed by atoms with Gasteiger partial charge in [0.25, 0.3) is 0 Å². The average Bonchev–Trinajstić information content (AvgIpc) is 2.44. The molecule has 1 aromatic carbocycles. The van der Waals surface area contributed by atoms with Crippen LogP contribution in [-0.4, -0.2) is 10.1 Å². The van der Waals surface area contributed by atoms with Crippen molar-refractivity contribution in [1.29, 1.82) is 0 Å². The molecule has 1 heterocycles. The lowest BCUT2D eigenvalue weighted by atomic mass is 10.1. The monoisotopic (exact) mass is 349 g/mol. The summed E-state index contributed by atoms with van der Waals surface area (Å²) in [6.07, 6.45) is 0. The molecule has 104 valence electrons. The summed E-state index contributed by atoms with van der Waals surface area (Å²) in [6, 6.07) is 14.2. The molecule has 0 saturated heterocycles. The molecule has 2 aromatic rings. The van der Waals surface area contributed by atoms with E-state index in [-0.39, 0.29) is 6.04 Å². The van der Waals surface area contributed by atoms with E-state index in [0.717, 1.165) is 16.0 Å². The molecule has 1 aromatic heterocycles. The predicted molar refractivity (Wildman–Crippen MR) is 90.9 cm³/mol. The highest BCUT2D eigenvalue weighted by molar-refractivity contribution is 9.10. The van der Waals surface area contributed by atoms with Crippen LogP contribution >= 0.6 is 28.1 Å². The molecule has 0 aliphatic heterocycles. The van der Waals surface area contributed by atoms with Crippen molar-refractivity contribution in [3.8, 4) is 0 Å². The number of halogens is 1. The van der Waals surface area contributed by atoms with E-state index in [0.29, 0.717) is 5.11 Å². The summed E-state index contributed by atoms with van der Waals surface area (Å²) in [5.74, 6) is 0.739. The number of rotatable bonds is 3. The summed E-state index contributed by atoms with van der Waals surface area (Å²) in [6.45, 7) is 4.02. The maximum atomic E-state index is 5.31. The summed E-state index contributed by atoms with van der Waals surface area (Å²) in [5.41, 5.74) is 2.12. The first-order valence-corrected chi connectivity index (χ1v) is 7.52. The molecule has 1 atom stereocenters. The number of aromatic nitrogens is 1. The fourth-order valence-electron chi connectivity index (χ4n) is 1.79. The van der Waals surface area contributed by atoms with Crippen LogP contribution < -0.4 is 10.6 Å². The molecular formula is C15H16BrN3S. The third-order valence-corrected chi connectivity index (χ3v) is 3.97. The number of hydrogen-bond acceptors (Lipinski definition) is 2. The lowest BCUT2D eigenvalue weighted by molar-refractivity contribution is 0.722. The van der Waals surface area contributed by atoms with Crippen LogP contribution in [0.5, 0.6) is 0 Å². The fourth-order valence-corrected chi connectivity index (χ4v) is 2.29. The van der Waals surface area contributed by atoms with Crippen LogP contribution in [-0.2, 0) is 0 Å². The summed E-state index contributed by atoms with van der Waals surface area (Å²) in [5, 5.41) is 6.91. The van der Waals surface area contributed by atoms with Crippen LogP contribution in [0.3, 0.4) is 0 Å². The third-order valence-electron chi connectivity index (χ3n) is 2.91. The number of thiocarbonyl (C=S) groups is 1. The van der Waals surface area contributed by atoms with Crippen molar-refractivity contribution in [3.05, 3.63) is 58.2 Å². The van der Waals surface area contributed by atoms with E-state index in [9.17, 15) is 0 Å². The van der Waals surface area contributed by atoms with Crippen LogP contribution in [0.1, 0.15) is 24.2 Å². The number of anilines is 1. The molecule has 2 rings (SSSR count). The second kappa shape index (κ2) is 6.81. The van der Waals surface area contributed by atoms with Gasteiger partial charge in [0.1, 0.15) is 5.82 Å². The summed E-state index contributed by atoms with van der Waals surface area (Å²) >= 11 is 8.74. The number of benzene rings is 1. The average molecular weight is 350 g/mol. The minimum absolute atomic E-state index is 0.146. The van der Waals surface area contributed by atoms with Gasteiger partial charge in [-0.25, -0.2) is 4.98 Å². The summed E-state index contributed by atoms with van der Waals surface area (Å²) in [4.78, 5) is 4.41. The van der Waals surface area contributed by atoms with Crippen LogP contribution in [0.25, 0.3) is 0 Å². The predicted octanol–water partition coefficient (Wildman–Crippen LogP) is 4.20. The minimum atomic E-state index is 0.146. The minimum Gasteiger partial charge on any atom is -0.356 e. The summed E-state index contributed by atoms with van der Waals surface area (Å²) < 4.78 is 0.986. The van der Waals surface area contributed by atoms with Gasteiger partial charge in [-0.3, -0.25) is 0 Å². The van der Waals surface area contributed by atoms with Gasteiger partial charge in [-0.1, -0.05) is 30.3 Å². The third kappa shape index (κ3) is 4.02. The van der Waals surface area contributed by atoms with Crippen molar-refractivity contribution in [3.63, 3.8) is 0 Å². The van der Waals surface area contributed by atoms with Crippen molar-refractivity contribution in [1.82, 2.24) is 10.3 Å². The first kappa shape index (κ1) is 14.9. The number of nitrogens with zero attached hydrogens (tertiary/aromatic N) is 1. The van der Waals surface area contributed by atoms with E-state index in [1.165, 1.54) is 5.56 Å². The molecule has 0 aliphatic carbocycles. The molecule has 0 spiro atoms. The van der Waals surface area contributed by atoms with E-state index in [1.54, 1.807) is 0 Å². The van der Waals surface area contributed by atoms with E-state index in [2.05, 4.69) is 50.6 Å².